The third-order valence-corrected chi connectivity index (χ3v) is 8.48. The van der Waals surface area contributed by atoms with Crippen molar-refractivity contribution >= 4 is 34.8 Å². The van der Waals surface area contributed by atoms with Crippen molar-refractivity contribution in [2.75, 3.05) is 38.2 Å². The second kappa shape index (κ2) is 12.4. The Labute approximate surface area is 248 Å². The van der Waals surface area contributed by atoms with Crippen molar-refractivity contribution in [2.45, 2.75) is 70.9 Å². The molecule has 5 rings (SSSR count). The largest absolute Gasteiger partial charge is 0.496 e. The number of anilines is 1. The van der Waals surface area contributed by atoms with Gasteiger partial charge >= 0.3 is 5.97 Å². The predicted octanol–water partition coefficient (Wildman–Crippen LogP) is 5.43. The van der Waals surface area contributed by atoms with Gasteiger partial charge < -0.3 is 24.1 Å². The molecule has 2 aromatic carbocycles. The van der Waals surface area contributed by atoms with Gasteiger partial charge in [0.1, 0.15) is 11.4 Å². The Morgan fingerprint density at radius 2 is 1.63 bits per heavy atom. The Bertz CT molecular complexity index is 1280. The van der Waals surface area contributed by atoms with E-state index < -0.39 is 5.60 Å². The topological polar surface area (TPSA) is 71.5 Å². The molecule has 0 radical (unpaired) electrons. The molecule has 2 fully saturated rings. The molecule has 3 aliphatic rings. The number of hydrogen-bond acceptors (Lipinski definition) is 7. The lowest BCUT2D eigenvalue weighted by Crippen LogP contribution is -2.50. The van der Waals surface area contributed by atoms with Gasteiger partial charge in [0.05, 0.1) is 23.6 Å². The maximum atomic E-state index is 13.5. The molecule has 0 atom stereocenters. The quantitative estimate of drug-likeness (QED) is 0.332. The number of rotatable bonds is 6. The first-order valence-electron chi connectivity index (χ1n) is 14.7. The van der Waals surface area contributed by atoms with Gasteiger partial charge in [-0.2, -0.15) is 0 Å². The average molecular weight is 580 g/mol. The van der Waals surface area contributed by atoms with Gasteiger partial charge in [0, 0.05) is 50.4 Å². The molecule has 0 spiro atoms. The van der Waals surface area contributed by atoms with Gasteiger partial charge in [-0.05, 0) is 76.6 Å². The molecule has 220 valence electrons. The Balaban J connectivity index is 1.17. The van der Waals surface area contributed by atoms with E-state index in [1.807, 2.05) is 36.8 Å². The van der Waals surface area contributed by atoms with Crippen molar-refractivity contribution in [3.63, 3.8) is 0 Å². The zero-order valence-corrected chi connectivity index (χ0v) is 25.4. The van der Waals surface area contributed by atoms with Gasteiger partial charge in [-0.15, -0.1) is 5.06 Å². The zero-order chi connectivity index (χ0) is 29.1. The van der Waals surface area contributed by atoms with Crippen LogP contribution in [-0.2, 0) is 16.0 Å². The summed E-state index contributed by atoms with van der Waals surface area (Å²) in [6, 6.07) is 14.2. The number of carbonyl (C=O) groups is 2. The summed E-state index contributed by atoms with van der Waals surface area (Å²) in [5.41, 5.74) is 2.61. The molecule has 9 heteroatoms. The highest BCUT2D eigenvalue weighted by Gasteiger charge is 2.33. The van der Waals surface area contributed by atoms with Crippen molar-refractivity contribution in [1.82, 2.24) is 9.96 Å². The molecule has 41 heavy (non-hydrogen) atoms. The number of aryl methyl sites for hydroxylation is 1. The van der Waals surface area contributed by atoms with Crippen LogP contribution in [0, 0.1) is 5.92 Å². The summed E-state index contributed by atoms with van der Waals surface area (Å²) >= 11 is 5.77. The number of nitrogens with zero attached hydrogens (tertiary/aromatic N) is 3. The molecule has 8 nitrogen and oxygen atoms in total. The first-order valence-corrected chi connectivity index (χ1v) is 15.1. The monoisotopic (exact) mass is 579 g/mol. The molecule has 0 N–H and O–H groups in total. The Hall–Kier alpha value is -3.17. The number of ether oxygens (including phenoxy) is 2. The molecule has 0 saturated carbocycles. The second-order valence-electron chi connectivity index (χ2n) is 12.1. The lowest BCUT2D eigenvalue weighted by Gasteiger charge is -2.42. The molecule has 2 saturated heterocycles. The fraction of sp³-hybridized carbons (Fsp3) is 0.531. The number of methoxy groups -OCH3 is 1. The molecule has 0 bridgehead atoms. The van der Waals surface area contributed by atoms with Crippen LogP contribution in [0.15, 0.2) is 42.5 Å². The maximum absolute atomic E-state index is 13.5. The number of amides is 1. The number of piperidine rings is 2. The number of benzene rings is 2. The van der Waals surface area contributed by atoms with Crippen molar-refractivity contribution in [3.8, 4) is 11.5 Å². The Morgan fingerprint density at radius 1 is 0.927 bits per heavy atom. The minimum absolute atomic E-state index is 0.0355. The van der Waals surface area contributed by atoms with Crippen LogP contribution in [-0.4, -0.2) is 71.8 Å². The zero-order valence-electron chi connectivity index (χ0n) is 24.6. The number of hydroxylamine groups is 2. The van der Waals surface area contributed by atoms with Gasteiger partial charge in [-0.1, -0.05) is 30.4 Å². The number of likely N-dealkylation sites (tertiary alicyclic amines) is 1. The van der Waals surface area contributed by atoms with Gasteiger partial charge in [0.2, 0.25) is 0 Å². The van der Waals surface area contributed by atoms with Crippen LogP contribution >= 0.6 is 12.2 Å². The molecular weight excluding hydrogens is 538 g/mol. The second-order valence-corrected chi connectivity index (χ2v) is 12.6. The normalized spacial score (nSPS) is 19.1. The van der Waals surface area contributed by atoms with Crippen LogP contribution in [0.3, 0.4) is 0 Å². The van der Waals surface area contributed by atoms with Gasteiger partial charge in [0.25, 0.3) is 5.91 Å². The average Bonchev–Trinajstić information content (AvgIpc) is 2.96. The lowest BCUT2D eigenvalue weighted by atomic mass is 9.95. The van der Waals surface area contributed by atoms with Crippen molar-refractivity contribution in [3.05, 3.63) is 53.6 Å². The summed E-state index contributed by atoms with van der Waals surface area (Å²) in [5.74, 6) is 0.795. The number of para-hydroxylation sites is 1. The standard InChI is InChI=1S/C32H41N3O5S/c1-32(2,3)39-31(37)23-13-19-34(20-14-23)40-25-10-11-26(28(21-25)38-4)30(36)33-17-15-24(16-18-33)35-27-8-6-5-7-22(27)9-12-29(35)41/h5-8,10-11,21,23-24H,9,12-20H2,1-4H3. The van der Waals surface area contributed by atoms with Crippen LogP contribution in [0.5, 0.6) is 11.5 Å². The molecule has 0 unspecified atom stereocenters. The van der Waals surface area contributed by atoms with Gasteiger partial charge in [0.15, 0.2) is 5.75 Å². The van der Waals surface area contributed by atoms with Crippen LogP contribution in [0.4, 0.5) is 5.69 Å². The third kappa shape index (κ3) is 6.84. The van der Waals surface area contributed by atoms with Crippen molar-refractivity contribution in [1.29, 1.82) is 0 Å². The molecule has 0 aliphatic carbocycles. The van der Waals surface area contributed by atoms with Crippen LogP contribution in [0.25, 0.3) is 0 Å². The number of fused-ring (bicyclic) bond motifs is 1. The Morgan fingerprint density at radius 3 is 2.32 bits per heavy atom. The highest BCUT2D eigenvalue weighted by molar-refractivity contribution is 7.80. The van der Waals surface area contributed by atoms with Crippen molar-refractivity contribution in [2.24, 2.45) is 5.92 Å². The fourth-order valence-electron chi connectivity index (χ4n) is 5.97. The summed E-state index contributed by atoms with van der Waals surface area (Å²) in [7, 11) is 1.57. The molecule has 3 heterocycles. The number of hydrogen-bond donors (Lipinski definition) is 0. The molecule has 1 amide bonds. The van der Waals surface area contributed by atoms with E-state index in [4.69, 9.17) is 26.5 Å². The highest BCUT2D eigenvalue weighted by atomic mass is 32.1. The summed E-state index contributed by atoms with van der Waals surface area (Å²) < 4.78 is 11.2. The number of thiocarbonyl (C=S) groups is 1. The summed E-state index contributed by atoms with van der Waals surface area (Å²) in [4.78, 5) is 37.3. The van der Waals surface area contributed by atoms with Gasteiger partial charge in [-0.25, -0.2) is 0 Å². The molecule has 0 aromatic heterocycles. The number of carbonyl (C=O) groups excluding carboxylic acids is 2. The maximum Gasteiger partial charge on any atom is 0.309 e. The first kappa shape index (κ1) is 29.3. The molecule has 3 aliphatic heterocycles. The van der Waals surface area contributed by atoms with Crippen LogP contribution in [0.2, 0.25) is 0 Å². The minimum Gasteiger partial charge on any atom is -0.496 e. The van der Waals surface area contributed by atoms with Crippen LogP contribution in [0.1, 0.15) is 68.8 Å². The van der Waals surface area contributed by atoms with E-state index in [0.29, 0.717) is 62.1 Å². The van der Waals surface area contributed by atoms with E-state index in [9.17, 15) is 9.59 Å². The molecular formula is C32H41N3O5S. The minimum atomic E-state index is -0.483. The van der Waals surface area contributed by atoms with E-state index in [2.05, 4.69) is 29.2 Å². The highest BCUT2D eigenvalue weighted by Crippen LogP contribution is 2.34. The smallest absolute Gasteiger partial charge is 0.309 e. The number of esters is 1. The fourth-order valence-corrected chi connectivity index (χ4v) is 6.32. The summed E-state index contributed by atoms with van der Waals surface area (Å²) in [6.07, 6.45) is 4.97. The summed E-state index contributed by atoms with van der Waals surface area (Å²) in [5, 5.41) is 1.85. The Kier molecular flexibility index (Phi) is 8.85. The van der Waals surface area contributed by atoms with Gasteiger partial charge in [-0.3, -0.25) is 9.59 Å². The van der Waals surface area contributed by atoms with E-state index in [1.165, 1.54) is 11.3 Å². The molecule has 2 aromatic rings. The third-order valence-electron chi connectivity index (χ3n) is 8.08. The van der Waals surface area contributed by atoms with E-state index in [1.54, 1.807) is 19.2 Å². The lowest BCUT2D eigenvalue weighted by molar-refractivity contribution is -0.165. The van der Waals surface area contributed by atoms with E-state index in [-0.39, 0.29) is 17.8 Å². The first-order chi connectivity index (χ1) is 19.6. The van der Waals surface area contributed by atoms with Crippen LogP contribution < -0.4 is 14.5 Å². The summed E-state index contributed by atoms with van der Waals surface area (Å²) in [6.45, 7) is 8.23. The van der Waals surface area contributed by atoms with E-state index >= 15 is 0 Å². The predicted molar refractivity (Wildman–Crippen MR) is 163 cm³/mol. The SMILES string of the molecule is COc1cc(ON2CCC(C(=O)OC(C)(C)C)CC2)ccc1C(=O)N1CCC(N2C(=S)CCc3ccccc32)CC1. The van der Waals surface area contributed by atoms with Crippen molar-refractivity contribution < 1.29 is 23.9 Å². The van der Waals surface area contributed by atoms with E-state index in [0.717, 1.165) is 30.7 Å².